The minimum absolute atomic E-state index is 0.335. The number of ketones is 1. The van der Waals surface area contributed by atoms with E-state index in [2.05, 4.69) is 6.58 Å². The van der Waals surface area contributed by atoms with Crippen LogP contribution in [-0.4, -0.2) is 5.78 Å². The van der Waals surface area contributed by atoms with Crippen LogP contribution in [0.5, 0.6) is 0 Å². The zero-order valence-electron chi connectivity index (χ0n) is 6.81. The van der Waals surface area contributed by atoms with E-state index in [4.69, 9.17) is 0 Å². The normalized spacial score (nSPS) is 37.5. The maximum Gasteiger partial charge on any atom is 0.158 e. The third kappa shape index (κ3) is 1.03. The first-order chi connectivity index (χ1) is 5.29. The number of carbonyl (C=O) groups excluding carboxylic acids is 1. The first-order valence-electron chi connectivity index (χ1n) is 4.51. The molecule has 0 radical (unpaired) electrons. The molecule has 60 valence electrons. The van der Waals surface area contributed by atoms with Crippen LogP contribution in [0.4, 0.5) is 0 Å². The van der Waals surface area contributed by atoms with Crippen molar-refractivity contribution in [3.63, 3.8) is 0 Å². The average molecular weight is 150 g/mol. The van der Waals surface area contributed by atoms with Crippen molar-refractivity contribution in [1.29, 1.82) is 0 Å². The highest BCUT2D eigenvalue weighted by atomic mass is 16.1. The maximum absolute atomic E-state index is 11.2. The summed E-state index contributed by atoms with van der Waals surface area (Å²) in [5.74, 6) is 1.57. The fourth-order valence-electron chi connectivity index (χ4n) is 2.49. The minimum atomic E-state index is 0.335. The Kier molecular flexibility index (Phi) is 1.59. The van der Waals surface area contributed by atoms with Gasteiger partial charge < -0.3 is 0 Å². The van der Waals surface area contributed by atoms with Crippen molar-refractivity contribution in [1.82, 2.24) is 0 Å². The van der Waals surface area contributed by atoms with E-state index in [1.54, 1.807) is 0 Å². The number of carbonyl (C=O) groups is 1. The van der Waals surface area contributed by atoms with Gasteiger partial charge in [-0.3, -0.25) is 4.79 Å². The lowest BCUT2D eigenvalue weighted by molar-refractivity contribution is -0.114. The van der Waals surface area contributed by atoms with Crippen molar-refractivity contribution < 1.29 is 4.79 Å². The van der Waals surface area contributed by atoms with Crippen molar-refractivity contribution in [3.8, 4) is 0 Å². The van der Waals surface area contributed by atoms with Gasteiger partial charge in [0.05, 0.1) is 0 Å². The van der Waals surface area contributed by atoms with E-state index < -0.39 is 0 Å². The van der Waals surface area contributed by atoms with Crippen LogP contribution in [-0.2, 0) is 4.79 Å². The van der Waals surface area contributed by atoms with Crippen LogP contribution >= 0.6 is 0 Å². The molecule has 0 unspecified atom stereocenters. The molecule has 0 amide bonds. The third-order valence-corrected chi connectivity index (χ3v) is 3.16. The summed E-state index contributed by atoms with van der Waals surface area (Å²) in [6.45, 7) is 3.87. The Hall–Kier alpha value is -0.590. The van der Waals surface area contributed by atoms with Gasteiger partial charge in [0.2, 0.25) is 0 Å². The highest BCUT2D eigenvalue weighted by Crippen LogP contribution is 2.42. The lowest BCUT2D eigenvalue weighted by Crippen LogP contribution is -2.13. The molecule has 0 saturated heterocycles. The molecule has 0 aromatic heterocycles. The lowest BCUT2D eigenvalue weighted by atomic mass is 9.81. The van der Waals surface area contributed by atoms with Gasteiger partial charge in [-0.05, 0) is 30.3 Å². The summed E-state index contributed by atoms with van der Waals surface area (Å²) < 4.78 is 0. The van der Waals surface area contributed by atoms with E-state index in [0.717, 1.165) is 12.0 Å². The van der Waals surface area contributed by atoms with E-state index in [0.29, 0.717) is 17.6 Å². The second-order valence-electron chi connectivity index (χ2n) is 3.80. The zero-order chi connectivity index (χ0) is 7.84. The largest absolute Gasteiger partial charge is 0.295 e. The Balaban J connectivity index is 2.18. The molecule has 0 aromatic carbocycles. The molecule has 0 spiro atoms. The molecule has 0 bridgehead atoms. The van der Waals surface area contributed by atoms with Gasteiger partial charge in [0.1, 0.15) is 0 Å². The quantitative estimate of drug-likeness (QED) is 0.484. The van der Waals surface area contributed by atoms with Gasteiger partial charge >= 0.3 is 0 Å². The van der Waals surface area contributed by atoms with Gasteiger partial charge in [-0.2, -0.15) is 0 Å². The second kappa shape index (κ2) is 2.47. The van der Waals surface area contributed by atoms with E-state index in [-0.39, 0.29) is 0 Å². The number of Topliss-reactive ketones (excluding diaryl/α,β-unsaturated/α-hetero) is 1. The molecule has 0 aliphatic heterocycles. The van der Waals surface area contributed by atoms with Gasteiger partial charge in [0, 0.05) is 6.42 Å². The van der Waals surface area contributed by atoms with Crippen molar-refractivity contribution in [2.24, 2.45) is 11.8 Å². The van der Waals surface area contributed by atoms with Crippen LogP contribution in [0.15, 0.2) is 12.2 Å². The fourth-order valence-corrected chi connectivity index (χ4v) is 2.49. The minimum Gasteiger partial charge on any atom is -0.295 e. The molecule has 0 aromatic rings. The Morgan fingerprint density at radius 1 is 1.27 bits per heavy atom. The average Bonchev–Trinajstić information content (AvgIpc) is 2.30. The fraction of sp³-hybridized carbons (Fsp3) is 0.700. The molecule has 1 nitrogen and oxygen atoms in total. The number of rotatable bonds is 0. The molecule has 1 heteroatoms. The molecular weight excluding hydrogens is 136 g/mol. The zero-order valence-corrected chi connectivity index (χ0v) is 6.81. The van der Waals surface area contributed by atoms with Crippen LogP contribution in [0.25, 0.3) is 0 Å². The molecule has 2 saturated carbocycles. The Bertz CT molecular complexity index is 205. The van der Waals surface area contributed by atoms with E-state index in [9.17, 15) is 4.79 Å². The van der Waals surface area contributed by atoms with Gasteiger partial charge in [0.25, 0.3) is 0 Å². The predicted molar refractivity (Wildman–Crippen MR) is 44.2 cm³/mol. The standard InChI is InChI=1S/C10H14O/c1-7-9-5-3-2-4-8(9)6-10(7)11/h8-9H,1-6H2/t8-,9+/m1/s1. The summed E-state index contributed by atoms with van der Waals surface area (Å²) in [7, 11) is 0. The molecule has 2 aliphatic rings. The van der Waals surface area contributed by atoms with Crippen LogP contribution in [0.1, 0.15) is 32.1 Å². The Morgan fingerprint density at radius 3 is 2.73 bits per heavy atom. The van der Waals surface area contributed by atoms with Crippen LogP contribution in [0.3, 0.4) is 0 Å². The summed E-state index contributed by atoms with van der Waals surface area (Å²) in [5, 5.41) is 0. The molecular formula is C10H14O. The summed E-state index contributed by atoms with van der Waals surface area (Å²) >= 11 is 0. The predicted octanol–water partition coefficient (Wildman–Crippen LogP) is 2.32. The van der Waals surface area contributed by atoms with Crippen LogP contribution in [0, 0.1) is 11.8 Å². The SMILES string of the molecule is C=C1C(=O)C[C@H]2CCCC[C@@H]12. The van der Waals surface area contributed by atoms with Crippen LogP contribution in [0.2, 0.25) is 0 Å². The Morgan fingerprint density at radius 2 is 2.00 bits per heavy atom. The molecule has 11 heavy (non-hydrogen) atoms. The van der Waals surface area contributed by atoms with E-state index in [1.165, 1.54) is 25.7 Å². The van der Waals surface area contributed by atoms with Gasteiger partial charge in [-0.1, -0.05) is 19.4 Å². The molecule has 2 aliphatic carbocycles. The molecule has 2 atom stereocenters. The van der Waals surface area contributed by atoms with E-state index in [1.807, 2.05) is 0 Å². The molecule has 0 heterocycles. The second-order valence-corrected chi connectivity index (χ2v) is 3.80. The first-order valence-corrected chi connectivity index (χ1v) is 4.51. The number of hydrogen-bond acceptors (Lipinski definition) is 1. The maximum atomic E-state index is 11.2. The summed E-state index contributed by atoms with van der Waals surface area (Å²) in [4.78, 5) is 11.2. The van der Waals surface area contributed by atoms with Gasteiger partial charge in [-0.25, -0.2) is 0 Å². The molecule has 2 fully saturated rings. The van der Waals surface area contributed by atoms with Crippen molar-refractivity contribution in [2.75, 3.05) is 0 Å². The lowest BCUT2D eigenvalue weighted by Gasteiger charge is -2.24. The number of allylic oxidation sites excluding steroid dienone is 1. The number of fused-ring (bicyclic) bond motifs is 1. The number of hydrogen-bond donors (Lipinski definition) is 0. The van der Waals surface area contributed by atoms with Crippen molar-refractivity contribution >= 4 is 5.78 Å². The van der Waals surface area contributed by atoms with Crippen molar-refractivity contribution in [3.05, 3.63) is 12.2 Å². The topological polar surface area (TPSA) is 17.1 Å². The molecule has 2 rings (SSSR count). The highest BCUT2D eigenvalue weighted by Gasteiger charge is 2.37. The van der Waals surface area contributed by atoms with Gasteiger partial charge in [-0.15, -0.1) is 0 Å². The smallest absolute Gasteiger partial charge is 0.158 e. The monoisotopic (exact) mass is 150 g/mol. The first kappa shape index (κ1) is 7.08. The Labute approximate surface area is 67.5 Å². The molecule has 0 N–H and O–H groups in total. The van der Waals surface area contributed by atoms with E-state index >= 15 is 0 Å². The van der Waals surface area contributed by atoms with Crippen molar-refractivity contribution in [2.45, 2.75) is 32.1 Å². The van der Waals surface area contributed by atoms with Gasteiger partial charge in [0.15, 0.2) is 5.78 Å². The highest BCUT2D eigenvalue weighted by molar-refractivity contribution is 5.97. The summed E-state index contributed by atoms with van der Waals surface area (Å²) in [5.41, 5.74) is 0.926. The third-order valence-electron chi connectivity index (χ3n) is 3.16. The summed E-state index contributed by atoms with van der Waals surface area (Å²) in [6, 6.07) is 0. The summed E-state index contributed by atoms with van der Waals surface area (Å²) in [6.07, 6.45) is 5.89. The van der Waals surface area contributed by atoms with Crippen LogP contribution < -0.4 is 0 Å².